The van der Waals surface area contributed by atoms with Crippen molar-refractivity contribution in [1.29, 1.82) is 0 Å². The Morgan fingerprint density at radius 3 is 2.62 bits per heavy atom. The molecule has 0 N–H and O–H groups in total. The van der Waals surface area contributed by atoms with E-state index in [-0.39, 0.29) is 62.0 Å². The molecular weight excluding hydrogens is 193 g/mol. The molecule has 60 valence electrons. The van der Waals surface area contributed by atoms with E-state index in [2.05, 4.69) is 0 Å². The fourth-order valence-electron chi connectivity index (χ4n) is 1.23. The van der Waals surface area contributed by atoms with Crippen molar-refractivity contribution in [3.05, 3.63) is 46.5 Å². The van der Waals surface area contributed by atoms with Crippen LogP contribution in [0, 0.1) is 10.1 Å². The molecule has 0 atom stereocenters. The number of nitro benzene ring substituents is 1. The molecule has 4 heteroatoms. The van der Waals surface area contributed by atoms with Gasteiger partial charge in [-0.25, -0.2) is 0 Å². The summed E-state index contributed by atoms with van der Waals surface area (Å²) in [5.74, 6) is 0. The Bertz CT molecular complexity index is 397. The molecule has 0 amide bonds. The second kappa shape index (κ2) is 4.39. The smallest absolute Gasteiger partial charge is 0.270 e. The Hall–Kier alpha value is -0.134. The van der Waals surface area contributed by atoms with Gasteiger partial charge < -0.3 is 0 Å². The first kappa shape index (κ1) is 10.9. The Kier molecular flexibility index (Phi) is 3.70. The third-order valence-electron chi connectivity index (χ3n) is 1.83. The van der Waals surface area contributed by atoms with Gasteiger partial charge in [0.15, 0.2) is 5.69 Å². The molecule has 0 saturated carbocycles. The third-order valence-corrected chi connectivity index (χ3v) is 1.83. The fourth-order valence-corrected chi connectivity index (χ4v) is 1.23. The summed E-state index contributed by atoms with van der Waals surface area (Å²) in [7, 11) is 0. The molecule has 13 heavy (non-hydrogen) atoms. The van der Waals surface area contributed by atoms with Gasteiger partial charge in [0, 0.05) is 4.92 Å². The Morgan fingerprint density at radius 2 is 1.92 bits per heavy atom. The Balaban J connectivity index is 0.000000845. The van der Waals surface area contributed by atoms with Crippen LogP contribution in [0.4, 0.5) is 5.69 Å². The van der Waals surface area contributed by atoms with E-state index >= 15 is 0 Å². The molecule has 0 fully saturated rings. The molecule has 0 aliphatic heterocycles. The fraction of sp³-hybridized carbons (Fsp3) is 0. The first-order chi connectivity index (χ1) is 5.77. The maximum Gasteiger partial charge on any atom is 1.00 e. The quantitative estimate of drug-likeness (QED) is 0.267. The molecule has 0 unspecified atom stereocenters. The number of hydrogen-bond acceptors (Lipinski definition) is 2. The summed E-state index contributed by atoms with van der Waals surface area (Å²) in [5.41, 5.74) is 2.11. The normalized spacial score (nSPS) is 9.54. The van der Waals surface area contributed by atoms with Crippen LogP contribution in [0.25, 0.3) is 11.1 Å². The van der Waals surface area contributed by atoms with Crippen LogP contribution in [0.1, 0.15) is 0 Å². The summed E-state index contributed by atoms with van der Waals surface area (Å²) in [5, 5.41) is 10.4. The van der Waals surface area contributed by atoms with Gasteiger partial charge in [-0.05, 0) is 0 Å². The number of fused-ring (bicyclic) bond motifs is 1. The van der Waals surface area contributed by atoms with E-state index in [1.165, 1.54) is 6.07 Å². The van der Waals surface area contributed by atoms with E-state index in [1.54, 1.807) is 12.1 Å². The van der Waals surface area contributed by atoms with E-state index in [0.29, 0.717) is 0 Å². The molecule has 0 bridgehead atoms. The minimum absolute atomic E-state index is 0. The van der Waals surface area contributed by atoms with E-state index in [4.69, 9.17) is 0 Å². The van der Waals surface area contributed by atoms with Crippen molar-refractivity contribution in [3.8, 4) is 11.1 Å². The zero-order valence-corrected chi connectivity index (χ0v) is 10.4. The standard InChI is InChI=1S/C9H6NO2.K/c11-10(12)9-5-4-7-2-1-3-8(7)6-9;/h1-6H;/q-1;+1. The molecule has 0 saturated heterocycles. The Morgan fingerprint density at radius 1 is 1.23 bits per heavy atom. The monoisotopic (exact) mass is 199 g/mol. The number of hydrogen-bond donors (Lipinski definition) is 0. The topological polar surface area (TPSA) is 43.1 Å². The number of nitro groups is 1. The zero-order chi connectivity index (χ0) is 8.55. The van der Waals surface area contributed by atoms with E-state index < -0.39 is 0 Å². The second-order valence-electron chi connectivity index (χ2n) is 2.60. The van der Waals surface area contributed by atoms with Gasteiger partial charge in [-0.2, -0.15) is 6.07 Å². The third kappa shape index (κ3) is 2.21. The SMILES string of the molecule is O=[N+]([O-])[c-]1ccc2cccc-2c1.[K+]. The minimum Gasteiger partial charge on any atom is -0.270 e. The van der Waals surface area contributed by atoms with Crippen LogP contribution in [-0.2, 0) is 0 Å². The van der Waals surface area contributed by atoms with Gasteiger partial charge in [-0.3, -0.25) is 10.1 Å². The predicted molar refractivity (Wildman–Crippen MR) is 45.3 cm³/mol. The van der Waals surface area contributed by atoms with Crippen molar-refractivity contribution < 1.29 is 56.3 Å². The summed E-state index contributed by atoms with van der Waals surface area (Å²) in [6.07, 6.45) is 0. The van der Waals surface area contributed by atoms with Crippen molar-refractivity contribution in [3.63, 3.8) is 0 Å². The summed E-state index contributed by atoms with van der Waals surface area (Å²) in [6, 6.07) is 10.5. The average molecular weight is 199 g/mol. The molecule has 3 nitrogen and oxygen atoms in total. The summed E-state index contributed by atoms with van der Waals surface area (Å²) in [4.78, 5) is 9.99. The first-order valence-corrected chi connectivity index (χ1v) is 3.57. The van der Waals surface area contributed by atoms with E-state index in [9.17, 15) is 10.1 Å². The van der Waals surface area contributed by atoms with Crippen LogP contribution >= 0.6 is 0 Å². The zero-order valence-electron chi connectivity index (χ0n) is 7.23. The van der Waals surface area contributed by atoms with Crippen molar-refractivity contribution in [2.45, 2.75) is 0 Å². The van der Waals surface area contributed by atoms with Crippen LogP contribution in [0.15, 0.2) is 36.4 Å². The van der Waals surface area contributed by atoms with Crippen molar-refractivity contribution in [2.75, 3.05) is 0 Å². The molecule has 0 spiro atoms. The molecule has 0 heterocycles. The molecule has 0 aromatic carbocycles. The molecule has 2 aliphatic rings. The van der Waals surface area contributed by atoms with Crippen LogP contribution < -0.4 is 51.4 Å². The predicted octanol–water partition coefficient (Wildman–Crippen LogP) is -0.578. The summed E-state index contributed by atoms with van der Waals surface area (Å²) >= 11 is 0. The molecule has 0 radical (unpaired) electrons. The minimum atomic E-state index is -0.382. The molecule has 2 rings (SSSR count). The molecular formula is C9H6KNO2. The summed E-state index contributed by atoms with van der Waals surface area (Å²) < 4.78 is 0. The number of non-ortho nitro benzene ring substituents is 1. The van der Waals surface area contributed by atoms with Crippen molar-refractivity contribution in [1.82, 2.24) is 0 Å². The van der Waals surface area contributed by atoms with Crippen molar-refractivity contribution in [2.24, 2.45) is 0 Å². The van der Waals surface area contributed by atoms with Gasteiger partial charge in [-0.15, -0.1) is 17.2 Å². The maximum absolute atomic E-state index is 10.4. The first-order valence-electron chi connectivity index (χ1n) is 3.57. The maximum atomic E-state index is 10.4. The number of nitrogens with zero attached hydrogens (tertiary/aromatic N) is 1. The van der Waals surface area contributed by atoms with Gasteiger partial charge in [-0.1, -0.05) is 24.3 Å². The van der Waals surface area contributed by atoms with Crippen LogP contribution in [0.5, 0.6) is 0 Å². The molecule has 0 aromatic heterocycles. The average Bonchev–Trinajstić information content (AvgIpc) is 2.49. The second-order valence-corrected chi connectivity index (χ2v) is 2.60. The molecule has 2 aliphatic carbocycles. The van der Waals surface area contributed by atoms with Crippen molar-refractivity contribution >= 4 is 5.69 Å². The van der Waals surface area contributed by atoms with E-state index in [1.807, 2.05) is 18.2 Å². The summed E-state index contributed by atoms with van der Waals surface area (Å²) in [6.45, 7) is 0. The molecule has 0 aromatic rings. The van der Waals surface area contributed by atoms with Gasteiger partial charge in [0.05, 0.1) is 0 Å². The van der Waals surface area contributed by atoms with Gasteiger partial charge in [0.2, 0.25) is 0 Å². The largest absolute Gasteiger partial charge is 1.00 e. The number of benzene rings is 1. The van der Waals surface area contributed by atoms with Gasteiger partial charge >= 0.3 is 51.4 Å². The van der Waals surface area contributed by atoms with Crippen LogP contribution in [0.3, 0.4) is 0 Å². The van der Waals surface area contributed by atoms with Gasteiger partial charge in [0.25, 0.3) is 0 Å². The Labute approximate surface area is 118 Å². The van der Waals surface area contributed by atoms with Crippen LogP contribution in [-0.4, -0.2) is 4.92 Å². The van der Waals surface area contributed by atoms with Crippen LogP contribution in [0.2, 0.25) is 0 Å². The van der Waals surface area contributed by atoms with Gasteiger partial charge in [0.1, 0.15) is 0 Å². The van der Waals surface area contributed by atoms with E-state index in [0.717, 1.165) is 11.1 Å². The number of rotatable bonds is 1.